The van der Waals surface area contributed by atoms with Crippen LogP contribution in [0.4, 0.5) is 0 Å². The molecule has 64 valence electrons. The highest BCUT2D eigenvalue weighted by Gasteiger charge is 2.39. The Morgan fingerprint density at radius 1 is 1.36 bits per heavy atom. The Bertz CT molecular complexity index is 145. The van der Waals surface area contributed by atoms with Gasteiger partial charge in [-0.05, 0) is 45.4 Å². The topological polar surface area (TPSA) is 12.0 Å². The fourth-order valence-electron chi connectivity index (χ4n) is 1.94. The van der Waals surface area contributed by atoms with Crippen LogP contribution in [0.2, 0.25) is 0 Å². The van der Waals surface area contributed by atoms with E-state index in [-0.39, 0.29) is 0 Å². The van der Waals surface area contributed by atoms with Crippen LogP contribution in [0.5, 0.6) is 0 Å². The SMILES string of the molecule is CC(NC1(C)CC1)C1CCC1. The molecule has 0 aromatic rings. The van der Waals surface area contributed by atoms with Gasteiger partial charge in [-0.3, -0.25) is 0 Å². The fourth-order valence-corrected chi connectivity index (χ4v) is 1.94. The predicted molar refractivity (Wildman–Crippen MR) is 47.6 cm³/mol. The van der Waals surface area contributed by atoms with Gasteiger partial charge in [-0.2, -0.15) is 0 Å². The molecule has 1 unspecified atom stereocenters. The third kappa shape index (κ3) is 1.58. The molecule has 0 aromatic heterocycles. The maximum Gasteiger partial charge on any atom is 0.0157 e. The molecule has 1 N–H and O–H groups in total. The van der Waals surface area contributed by atoms with Gasteiger partial charge in [-0.1, -0.05) is 6.42 Å². The highest BCUT2D eigenvalue weighted by Crippen LogP contribution is 2.37. The van der Waals surface area contributed by atoms with Crippen LogP contribution >= 0.6 is 0 Å². The Morgan fingerprint density at radius 2 is 2.00 bits per heavy atom. The van der Waals surface area contributed by atoms with Gasteiger partial charge in [0.05, 0.1) is 0 Å². The molecular weight excluding hydrogens is 134 g/mol. The fraction of sp³-hybridized carbons (Fsp3) is 1.00. The summed E-state index contributed by atoms with van der Waals surface area (Å²) in [4.78, 5) is 0. The molecule has 0 aliphatic heterocycles. The van der Waals surface area contributed by atoms with Crippen LogP contribution in [0.25, 0.3) is 0 Å². The Labute approximate surface area is 69.6 Å². The summed E-state index contributed by atoms with van der Waals surface area (Å²) in [7, 11) is 0. The quantitative estimate of drug-likeness (QED) is 0.656. The van der Waals surface area contributed by atoms with Crippen LogP contribution in [0.3, 0.4) is 0 Å². The minimum absolute atomic E-state index is 0.537. The van der Waals surface area contributed by atoms with E-state index in [1.54, 1.807) is 0 Å². The molecule has 11 heavy (non-hydrogen) atoms. The summed E-state index contributed by atoms with van der Waals surface area (Å²) < 4.78 is 0. The Balaban J connectivity index is 1.76. The van der Waals surface area contributed by atoms with Gasteiger partial charge in [0.25, 0.3) is 0 Å². The molecule has 1 heteroatoms. The van der Waals surface area contributed by atoms with Crippen molar-refractivity contribution >= 4 is 0 Å². The standard InChI is InChI=1S/C10H19N/c1-8(9-4-3-5-9)11-10(2)6-7-10/h8-9,11H,3-7H2,1-2H3. The average Bonchev–Trinajstić information content (AvgIpc) is 2.41. The van der Waals surface area contributed by atoms with Crippen molar-refractivity contribution in [3.05, 3.63) is 0 Å². The van der Waals surface area contributed by atoms with E-state index in [2.05, 4.69) is 19.2 Å². The minimum Gasteiger partial charge on any atom is -0.309 e. The monoisotopic (exact) mass is 153 g/mol. The number of nitrogens with one attached hydrogen (secondary N) is 1. The third-order valence-electron chi connectivity index (χ3n) is 3.43. The first-order valence-corrected chi connectivity index (χ1v) is 4.97. The second-order valence-electron chi connectivity index (χ2n) is 4.68. The maximum absolute atomic E-state index is 3.73. The lowest BCUT2D eigenvalue weighted by Crippen LogP contribution is -2.43. The summed E-state index contributed by atoms with van der Waals surface area (Å²) >= 11 is 0. The van der Waals surface area contributed by atoms with Gasteiger partial charge in [0.2, 0.25) is 0 Å². The summed E-state index contributed by atoms with van der Waals surface area (Å²) in [5, 5.41) is 3.73. The molecule has 0 saturated heterocycles. The predicted octanol–water partition coefficient (Wildman–Crippen LogP) is 2.32. The van der Waals surface area contributed by atoms with Crippen molar-refractivity contribution in [2.45, 2.75) is 57.5 Å². The van der Waals surface area contributed by atoms with Gasteiger partial charge >= 0.3 is 0 Å². The summed E-state index contributed by atoms with van der Waals surface area (Å²) in [6.07, 6.45) is 7.18. The highest BCUT2D eigenvalue weighted by atomic mass is 15.0. The minimum atomic E-state index is 0.537. The molecule has 0 heterocycles. The van der Waals surface area contributed by atoms with Crippen molar-refractivity contribution in [2.24, 2.45) is 5.92 Å². The highest BCUT2D eigenvalue weighted by molar-refractivity contribution is 5.00. The zero-order chi connectivity index (χ0) is 7.90. The molecule has 1 atom stereocenters. The zero-order valence-electron chi connectivity index (χ0n) is 7.69. The molecule has 0 amide bonds. The van der Waals surface area contributed by atoms with Gasteiger partial charge in [0.15, 0.2) is 0 Å². The summed E-state index contributed by atoms with van der Waals surface area (Å²) in [5.74, 6) is 0.993. The molecule has 2 fully saturated rings. The van der Waals surface area contributed by atoms with Crippen LogP contribution in [0.1, 0.15) is 46.0 Å². The molecule has 2 saturated carbocycles. The smallest absolute Gasteiger partial charge is 0.0157 e. The molecule has 2 aliphatic carbocycles. The van der Waals surface area contributed by atoms with Crippen molar-refractivity contribution in [1.29, 1.82) is 0 Å². The molecule has 0 radical (unpaired) electrons. The van der Waals surface area contributed by atoms with Crippen LogP contribution in [0, 0.1) is 5.92 Å². The first-order valence-electron chi connectivity index (χ1n) is 4.97. The maximum atomic E-state index is 3.73. The lowest BCUT2D eigenvalue weighted by atomic mass is 9.80. The largest absolute Gasteiger partial charge is 0.309 e. The van der Waals surface area contributed by atoms with Crippen molar-refractivity contribution in [3.8, 4) is 0 Å². The average molecular weight is 153 g/mol. The molecule has 2 aliphatic rings. The first kappa shape index (κ1) is 7.60. The summed E-state index contributed by atoms with van der Waals surface area (Å²) in [6, 6.07) is 0.774. The van der Waals surface area contributed by atoms with E-state index in [1.165, 1.54) is 32.1 Å². The number of hydrogen-bond donors (Lipinski definition) is 1. The Morgan fingerprint density at radius 3 is 2.36 bits per heavy atom. The van der Waals surface area contributed by atoms with Gasteiger partial charge in [0.1, 0.15) is 0 Å². The molecule has 0 spiro atoms. The number of rotatable bonds is 3. The van der Waals surface area contributed by atoms with Gasteiger partial charge in [-0.25, -0.2) is 0 Å². The van der Waals surface area contributed by atoms with Gasteiger partial charge < -0.3 is 5.32 Å². The van der Waals surface area contributed by atoms with Crippen LogP contribution in [-0.2, 0) is 0 Å². The lowest BCUT2D eigenvalue weighted by molar-refractivity contribution is 0.225. The van der Waals surface area contributed by atoms with E-state index in [0.29, 0.717) is 5.54 Å². The second kappa shape index (κ2) is 2.48. The van der Waals surface area contributed by atoms with Crippen molar-refractivity contribution in [1.82, 2.24) is 5.32 Å². The molecule has 0 bridgehead atoms. The Kier molecular flexibility index (Phi) is 1.71. The van der Waals surface area contributed by atoms with E-state index in [9.17, 15) is 0 Å². The summed E-state index contributed by atoms with van der Waals surface area (Å²) in [5.41, 5.74) is 0.537. The summed E-state index contributed by atoms with van der Waals surface area (Å²) in [6.45, 7) is 4.70. The van der Waals surface area contributed by atoms with E-state index < -0.39 is 0 Å². The normalized spacial score (nSPS) is 31.1. The lowest BCUT2D eigenvalue weighted by Gasteiger charge is -2.34. The van der Waals surface area contributed by atoms with E-state index in [1.807, 2.05) is 0 Å². The van der Waals surface area contributed by atoms with Crippen LogP contribution in [0.15, 0.2) is 0 Å². The van der Waals surface area contributed by atoms with Crippen molar-refractivity contribution < 1.29 is 0 Å². The van der Waals surface area contributed by atoms with Crippen molar-refractivity contribution in [2.75, 3.05) is 0 Å². The van der Waals surface area contributed by atoms with Gasteiger partial charge in [0, 0.05) is 11.6 Å². The van der Waals surface area contributed by atoms with E-state index in [0.717, 1.165) is 12.0 Å². The van der Waals surface area contributed by atoms with Gasteiger partial charge in [-0.15, -0.1) is 0 Å². The molecule has 1 nitrogen and oxygen atoms in total. The molecule has 2 rings (SSSR count). The molecule has 0 aromatic carbocycles. The van der Waals surface area contributed by atoms with E-state index >= 15 is 0 Å². The second-order valence-corrected chi connectivity index (χ2v) is 4.68. The van der Waals surface area contributed by atoms with Crippen molar-refractivity contribution in [3.63, 3.8) is 0 Å². The van der Waals surface area contributed by atoms with E-state index in [4.69, 9.17) is 0 Å². The Hall–Kier alpha value is -0.0400. The number of hydrogen-bond acceptors (Lipinski definition) is 1. The third-order valence-corrected chi connectivity index (χ3v) is 3.43. The van der Waals surface area contributed by atoms with Crippen LogP contribution in [-0.4, -0.2) is 11.6 Å². The molecular formula is C10H19N. The van der Waals surface area contributed by atoms with Crippen LogP contribution < -0.4 is 5.32 Å². The first-order chi connectivity index (χ1) is 5.20. The zero-order valence-corrected chi connectivity index (χ0v) is 7.69.